The molecule has 2 heterocycles. The number of nitrogens with zero attached hydrogens (tertiary/aromatic N) is 1. The van der Waals surface area contributed by atoms with Crippen LogP contribution in [-0.2, 0) is 4.74 Å². The van der Waals surface area contributed by atoms with Crippen LogP contribution in [0.3, 0.4) is 0 Å². The fraction of sp³-hybridized carbons (Fsp3) is 0.333. The molecule has 1 saturated heterocycles. The Morgan fingerprint density at radius 1 is 1.67 bits per heavy atom. The van der Waals surface area contributed by atoms with Gasteiger partial charge in [-0.25, -0.2) is 9.78 Å². The smallest absolute Gasteiger partial charge is 0.407 e. The molecule has 1 atom stereocenters. The molecular formula is C9H11N3O2S. The van der Waals surface area contributed by atoms with Crippen LogP contribution in [0.4, 0.5) is 10.5 Å². The highest BCUT2D eigenvalue weighted by molar-refractivity contribution is 7.99. The van der Waals surface area contributed by atoms with Crippen LogP contribution in [0.25, 0.3) is 0 Å². The molecule has 1 fully saturated rings. The summed E-state index contributed by atoms with van der Waals surface area (Å²) in [5.41, 5.74) is 6.16. The molecule has 1 aliphatic rings. The summed E-state index contributed by atoms with van der Waals surface area (Å²) in [5.74, 6) is 0.704. The second-order valence-corrected chi connectivity index (χ2v) is 4.19. The second kappa shape index (κ2) is 4.39. The zero-order valence-electron chi connectivity index (χ0n) is 7.97. The van der Waals surface area contributed by atoms with E-state index in [2.05, 4.69) is 10.3 Å². The van der Waals surface area contributed by atoms with Crippen LogP contribution in [0.2, 0.25) is 0 Å². The van der Waals surface area contributed by atoms with E-state index in [9.17, 15) is 4.79 Å². The number of nitrogens with two attached hydrogens (primary N) is 1. The number of hydrogen-bond acceptors (Lipinski definition) is 5. The van der Waals surface area contributed by atoms with Crippen molar-refractivity contribution in [1.29, 1.82) is 0 Å². The minimum Gasteiger partial charge on any atom is -0.443 e. The lowest BCUT2D eigenvalue weighted by molar-refractivity contribution is 0.150. The minimum absolute atomic E-state index is 0.0677. The summed E-state index contributed by atoms with van der Waals surface area (Å²) in [7, 11) is 0. The molecule has 0 bridgehead atoms. The van der Waals surface area contributed by atoms with E-state index >= 15 is 0 Å². The lowest BCUT2D eigenvalue weighted by Crippen LogP contribution is -2.16. The first-order chi connectivity index (χ1) is 7.24. The molecule has 5 nitrogen and oxygen atoms in total. The van der Waals surface area contributed by atoms with Gasteiger partial charge in [0.15, 0.2) is 0 Å². The summed E-state index contributed by atoms with van der Waals surface area (Å²) < 4.78 is 4.98. The maximum Gasteiger partial charge on any atom is 0.407 e. The average molecular weight is 225 g/mol. The third-order valence-corrected chi connectivity index (χ3v) is 3.00. The lowest BCUT2D eigenvalue weighted by Gasteiger charge is -2.06. The summed E-state index contributed by atoms with van der Waals surface area (Å²) >= 11 is 1.54. The largest absolute Gasteiger partial charge is 0.443 e. The summed E-state index contributed by atoms with van der Waals surface area (Å²) in [5, 5.41) is 3.48. The average Bonchev–Trinajstić information content (AvgIpc) is 2.64. The number of amides is 1. The molecule has 1 unspecified atom stereocenters. The molecule has 1 aliphatic heterocycles. The number of aromatic nitrogens is 1. The number of ether oxygens (including phenoxy) is 1. The number of hydrogen-bond donors (Lipinski definition) is 2. The number of nitrogens with one attached hydrogen (secondary N) is 1. The van der Waals surface area contributed by atoms with Gasteiger partial charge in [0.25, 0.3) is 0 Å². The Kier molecular flexibility index (Phi) is 2.96. The number of pyridine rings is 1. The molecule has 15 heavy (non-hydrogen) atoms. The predicted molar refractivity (Wildman–Crippen MR) is 57.6 cm³/mol. The van der Waals surface area contributed by atoms with Crippen LogP contribution in [0.15, 0.2) is 23.4 Å². The molecule has 0 saturated carbocycles. The number of anilines is 1. The molecule has 1 aromatic heterocycles. The first-order valence-corrected chi connectivity index (χ1v) is 5.51. The van der Waals surface area contributed by atoms with Crippen molar-refractivity contribution in [3.63, 3.8) is 0 Å². The van der Waals surface area contributed by atoms with Gasteiger partial charge in [0.05, 0.1) is 23.5 Å². The fourth-order valence-electron chi connectivity index (χ4n) is 1.18. The number of thioether (sulfide) groups is 1. The highest BCUT2D eigenvalue weighted by Gasteiger charge is 2.22. The highest BCUT2D eigenvalue weighted by atomic mass is 32.2. The van der Waals surface area contributed by atoms with Crippen molar-refractivity contribution < 1.29 is 9.53 Å². The van der Waals surface area contributed by atoms with Gasteiger partial charge in [-0.2, -0.15) is 0 Å². The van der Waals surface area contributed by atoms with E-state index < -0.39 is 0 Å². The van der Waals surface area contributed by atoms with E-state index in [-0.39, 0.29) is 12.2 Å². The van der Waals surface area contributed by atoms with Crippen molar-refractivity contribution in [1.82, 2.24) is 10.3 Å². The summed E-state index contributed by atoms with van der Waals surface area (Å²) in [4.78, 5) is 14.9. The van der Waals surface area contributed by atoms with Crippen LogP contribution in [0.5, 0.6) is 0 Å². The van der Waals surface area contributed by atoms with E-state index in [0.717, 1.165) is 5.03 Å². The third-order valence-electron chi connectivity index (χ3n) is 1.92. The van der Waals surface area contributed by atoms with Gasteiger partial charge in [-0.1, -0.05) is 0 Å². The van der Waals surface area contributed by atoms with Crippen molar-refractivity contribution >= 4 is 23.5 Å². The van der Waals surface area contributed by atoms with E-state index in [4.69, 9.17) is 10.5 Å². The Balaban J connectivity index is 1.83. The summed E-state index contributed by atoms with van der Waals surface area (Å²) in [6.07, 6.45) is 1.20. The van der Waals surface area contributed by atoms with Crippen molar-refractivity contribution in [3.8, 4) is 0 Å². The van der Waals surface area contributed by atoms with Crippen LogP contribution < -0.4 is 11.1 Å². The quantitative estimate of drug-likeness (QED) is 0.746. The normalized spacial score (nSPS) is 19.7. The van der Waals surface area contributed by atoms with Gasteiger partial charge in [-0.15, -0.1) is 11.8 Å². The number of cyclic esters (lactones) is 1. The molecule has 3 N–H and O–H groups in total. The van der Waals surface area contributed by atoms with Crippen molar-refractivity contribution in [3.05, 3.63) is 18.3 Å². The Morgan fingerprint density at radius 3 is 3.13 bits per heavy atom. The molecule has 1 aromatic rings. The van der Waals surface area contributed by atoms with Crippen molar-refractivity contribution in [2.75, 3.05) is 18.0 Å². The van der Waals surface area contributed by atoms with E-state index in [1.54, 1.807) is 24.0 Å². The molecule has 2 rings (SSSR count). The third kappa shape index (κ3) is 2.76. The van der Waals surface area contributed by atoms with Gasteiger partial charge < -0.3 is 15.8 Å². The number of carbonyl (C=O) groups excluding carboxylic acids is 1. The van der Waals surface area contributed by atoms with Crippen molar-refractivity contribution in [2.24, 2.45) is 0 Å². The maximum absolute atomic E-state index is 10.7. The zero-order chi connectivity index (χ0) is 10.7. The SMILES string of the molecule is Nc1ccc(SCC2CNC(=O)O2)nc1. The summed E-state index contributed by atoms with van der Waals surface area (Å²) in [6, 6.07) is 3.65. The molecule has 0 radical (unpaired) electrons. The number of carbonyl (C=O) groups is 1. The number of nitrogen functional groups attached to an aromatic ring is 1. The summed E-state index contributed by atoms with van der Waals surface area (Å²) in [6.45, 7) is 0.570. The van der Waals surface area contributed by atoms with Crippen LogP contribution >= 0.6 is 11.8 Å². The number of rotatable bonds is 3. The van der Waals surface area contributed by atoms with Gasteiger partial charge in [-0.3, -0.25) is 0 Å². The van der Waals surface area contributed by atoms with Gasteiger partial charge >= 0.3 is 6.09 Å². The van der Waals surface area contributed by atoms with E-state index in [1.165, 1.54) is 0 Å². The van der Waals surface area contributed by atoms with Crippen LogP contribution in [0.1, 0.15) is 0 Å². The molecule has 0 aliphatic carbocycles. The molecule has 80 valence electrons. The van der Waals surface area contributed by atoms with E-state index in [0.29, 0.717) is 18.0 Å². The molecule has 1 amide bonds. The van der Waals surface area contributed by atoms with Gasteiger partial charge in [0.2, 0.25) is 0 Å². The predicted octanol–water partition coefficient (Wildman–Crippen LogP) is 0.864. The number of alkyl carbamates (subject to hydrolysis) is 1. The monoisotopic (exact) mass is 225 g/mol. The highest BCUT2D eigenvalue weighted by Crippen LogP contribution is 2.18. The zero-order valence-corrected chi connectivity index (χ0v) is 8.79. The second-order valence-electron chi connectivity index (χ2n) is 3.15. The van der Waals surface area contributed by atoms with Gasteiger partial charge in [-0.05, 0) is 12.1 Å². The molecule has 6 heteroatoms. The Hall–Kier alpha value is -1.43. The standard InChI is InChI=1S/C9H11N3O2S/c10-6-1-2-8(11-3-6)15-5-7-4-12-9(13)14-7/h1-3,7H,4-5,10H2,(H,12,13). The van der Waals surface area contributed by atoms with Gasteiger partial charge in [0.1, 0.15) is 6.10 Å². The van der Waals surface area contributed by atoms with Crippen LogP contribution in [0, 0.1) is 0 Å². The lowest BCUT2D eigenvalue weighted by atomic mass is 10.4. The first-order valence-electron chi connectivity index (χ1n) is 4.53. The van der Waals surface area contributed by atoms with Crippen molar-refractivity contribution in [2.45, 2.75) is 11.1 Å². The molecular weight excluding hydrogens is 214 g/mol. The Morgan fingerprint density at radius 2 is 2.53 bits per heavy atom. The van der Waals surface area contributed by atoms with E-state index in [1.807, 2.05) is 6.07 Å². The molecule has 0 aromatic carbocycles. The molecule has 0 spiro atoms. The Bertz CT molecular complexity index is 355. The fourth-order valence-corrected chi connectivity index (χ4v) is 2.01. The minimum atomic E-state index is -0.342. The Labute approximate surface area is 91.4 Å². The van der Waals surface area contributed by atoms with Gasteiger partial charge in [0, 0.05) is 5.75 Å². The first kappa shape index (κ1) is 10.1. The van der Waals surface area contributed by atoms with Crippen LogP contribution in [-0.4, -0.2) is 29.5 Å². The maximum atomic E-state index is 10.7. The topological polar surface area (TPSA) is 77.2 Å².